The van der Waals surface area contributed by atoms with Gasteiger partial charge in [-0.15, -0.1) is 0 Å². The molecular weight excluding hydrogens is 558 g/mol. The first-order valence-corrected chi connectivity index (χ1v) is 14.2. The quantitative estimate of drug-likeness (QED) is 0.335. The second kappa shape index (κ2) is 13.3. The molecule has 0 spiro atoms. The Morgan fingerprint density at radius 1 is 0.791 bits per heavy atom. The molecule has 1 heterocycles. The summed E-state index contributed by atoms with van der Waals surface area (Å²) >= 11 is 0. The second-order valence-corrected chi connectivity index (χ2v) is 10.9. The topological polar surface area (TPSA) is 147 Å². The Morgan fingerprint density at radius 2 is 1.30 bits per heavy atom. The summed E-state index contributed by atoms with van der Waals surface area (Å²) in [4.78, 5) is 69.6. The van der Waals surface area contributed by atoms with Crippen LogP contribution in [0.4, 0.5) is 0 Å². The van der Waals surface area contributed by atoms with Gasteiger partial charge in [0.1, 0.15) is 17.1 Å². The van der Waals surface area contributed by atoms with Gasteiger partial charge in [0.05, 0.1) is 48.2 Å². The molecule has 0 saturated carbocycles. The fourth-order valence-corrected chi connectivity index (χ4v) is 4.79. The summed E-state index contributed by atoms with van der Waals surface area (Å²) in [7, 11) is 0. The molecule has 1 aromatic heterocycles. The molecule has 1 unspecified atom stereocenters. The summed E-state index contributed by atoms with van der Waals surface area (Å²) in [6.45, 7) is 14.7. The average molecular weight is 598 g/mol. The summed E-state index contributed by atoms with van der Waals surface area (Å²) in [5.74, 6) is -5.95. The Labute approximate surface area is 249 Å². The van der Waals surface area contributed by atoms with Crippen molar-refractivity contribution in [3.63, 3.8) is 0 Å². The van der Waals surface area contributed by atoms with Gasteiger partial charge < -0.3 is 28.7 Å². The van der Waals surface area contributed by atoms with Crippen molar-refractivity contribution in [1.29, 1.82) is 0 Å². The summed E-state index contributed by atoms with van der Waals surface area (Å²) in [5.41, 5.74) is -1.84. The van der Waals surface area contributed by atoms with Crippen LogP contribution < -0.4 is 21.4 Å². The van der Waals surface area contributed by atoms with E-state index in [9.17, 15) is 24.0 Å². The molecule has 0 aliphatic heterocycles. The first-order chi connectivity index (χ1) is 20.2. The highest BCUT2D eigenvalue weighted by atomic mass is 16.5. The normalized spacial score (nSPS) is 15.0. The van der Waals surface area contributed by atoms with Crippen LogP contribution in [0.15, 0.2) is 32.5 Å². The Kier molecular flexibility index (Phi) is 10.2. The molecule has 1 aliphatic rings. The van der Waals surface area contributed by atoms with Crippen LogP contribution in [0.3, 0.4) is 0 Å². The van der Waals surface area contributed by atoms with E-state index in [0.29, 0.717) is 0 Å². The van der Waals surface area contributed by atoms with Crippen LogP contribution in [0.1, 0.15) is 59.6 Å². The van der Waals surface area contributed by atoms with Crippen LogP contribution >= 0.6 is 0 Å². The number of aryl methyl sites for hydroxylation is 2. The lowest BCUT2D eigenvalue weighted by Crippen LogP contribution is -2.50. The van der Waals surface area contributed by atoms with E-state index in [2.05, 4.69) is 5.32 Å². The Morgan fingerprint density at radius 3 is 1.84 bits per heavy atom. The smallest absolute Gasteiger partial charge is 0.342 e. The lowest BCUT2D eigenvalue weighted by atomic mass is 9.88. The predicted molar refractivity (Wildman–Crippen MR) is 158 cm³/mol. The summed E-state index contributed by atoms with van der Waals surface area (Å²) in [6.07, 6.45) is 0. The van der Waals surface area contributed by atoms with Gasteiger partial charge in [-0.2, -0.15) is 0 Å². The van der Waals surface area contributed by atoms with Crippen LogP contribution in [0.2, 0.25) is 0 Å². The monoisotopic (exact) mass is 597 g/mol. The van der Waals surface area contributed by atoms with Crippen molar-refractivity contribution in [2.24, 2.45) is 5.92 Å². The lowest BCUT2D eigenvalue weighted by Gasteiger charge is -2.29. The molecule has 3 rings (SSSR count). The summed E-state index contributed by atoms with van der Waals surface area (Å²) in [5, 5.41) is 3.12. The van der Waals surface area contributed by atoms with E-state index in [0.717, 1.165) is 11.1 Å². The van der Waals surface area contributed by atoms with Gasteiger partial charge >= 0.3 is 23.9 Å². The van der Waals surface area contributed by atoms with Gasteiger partial charge in [-0.25, -0.2) is 14.4 Å². The number of carbonyl (C=O) groups is 4. The first-order valence-electron chi connectivity index (χ1n) is 14.2. The van der Waals surface area contributed by atoms with Gasteiger partial charge in [0.25, 0.3) is 0 Å². The SMILES string of the molecule is CCOC(=O)C1=C(C(=O)OCC)C(C(=O)OCC)C(NC(C)(C)C)=c2c(oc3cc(C)c(C)cc3c2=O)=C1C(=O)OCC. The third kappa shape index (κ3) is 6.65. The van der Waals surface area contributed by atoms with Crippen LogP contribution in [-0.2, 0) is 38.1 Å². The number of hydrogen-bond donors (Lipinski definition) is 1. The number of benzene rings is 1. The van der Waals surface area contributed by atoms with E-state index in [1.54, 1.807) is 53.7 Å². The largest absolute Gasteiger partial charge is 0.465 e. The molecule has 1 aliphatic carbocycles. The molecule has 1 aromatic carbocycles. The van der Waals surface area contributed by atoms with E-state index in [-0.39, 0.29) is 53.7 Å². The highest BCUT2D eigenvalue weighted by Gasteiger charge is 2.45. The van der Waals surface area contributed by atoms with Gasteiger partial charge in [0, 0.05) is 11.2 Å². The fraction of sp³-hybridized carbons (Fsp3) is 0.469. The van der Waals surface area contributed by atoms with Crippen LogP contribution in [0, 0.1) is 19.8 Å². The fourth-order valence-electron chi connectivity index (χ4n) is 4.79. The number of nitrogens with one attached hydrogen (secondary N) is 1. The minimum Gasteiger partial charge on any atom is -0.465 e. The first kappa shape index (κ1) is 33.1. The van der Waals surface area contributed by atoms with Crippen molar-refractivity contribution in [2.45, 2.75) is 67.9 Å². The number of esters is 4. The van der Waals surface area contributed by atoms with Crippen molar-refractivity contribution in [3.8, 4) is 0 Å². The van der Waals surface area contributed by atoms with E-state index in [1.807, 2.05) is 13.8 Å². The van der Waals surface area contributed by atoms with Gasteiger partial charge in [-0.1, -0.05) is 0 Å². The highest BCUT2D eigenvalue weighted by Crippen LogP contribution is 2.33. The molecule has 43 heavy (non-hydrogen) atoms. The summed E-state index contributed by atoms with van der Waals surface area (Å²) in [6, 6.07) is 3.28. The van der Waals surface area contributed by atoms with Crippen LogP contribution in [0.25, 0.3) is 22.2 Å². The standard InChI is InChI=1S/C32H39NO10/c1-10-39-28(35)20-21(29(36)40-11-2)23(31(38)42-13-4)27-24(25(33-32(7,8)9)22(20)30(37)41-12-3)26(34)18-14-16(5)17(6)15-19(18)43-27/h14-15,22,33H,10-13H2,1-9H3. The molecule has 0 saturated heterocycles. The van der Waals surface area contributed by atoms with Gasteiger partial charge in [-0.3, -0.25) is 9.59 Å². The zero-order valence-corrected chi connectivity index (χ0v) is 26.1. The minimum atomic E-state index is -1.71. The highest BCUT2D eigenvalue weighted by molar-refractivity contribution is 6.28. The third-order valence-corrected chi connectivity index (χ3v) is 6.59. The van der Waals surface area contributed by atoms with Gasteiger partial charge in [0.2, 0.25) is 5.43 Å². The zero-order chi connectivity index (χ0) is 32.2. The molecule has 0 radical (unpaired) electrons. The number of ether oxygens (including phenoxy) is 4. The number of fused-ring (bicyclic) bond motifs is 2. The summed E-state index contributed by atoms with van der Waals surface area (Å²) < 4.78 is 27.7. The van der Waals surface area contributed by atoms with Crippen molar-refractivity contribution in [1.82, 2.24) is 5.32 Å². The van der Waals surface area contributed by atoms with E-state index >= 15 is 0 Å². The van der Waals surface area contributed by atoms with Crippen molar-refractivity contribution in [3.05, 3.63) is 55.3 Å². The molecule has 11 nitrogen and oxygen atoms in total. The third-order valence-electron chi connectivity index (χ3n) is 6.59. The average Bonchev–Trinajstić information content (AvgIpc) is 3.02. The van der Waals surface area contributed by atoms with E-state index in [4.69, 9.17) is 23.4 Å². The molecule has 0 bridgehead atoms. The van der Waals surface area contributed by atoms with Gasteiger partial charge in [-0.05, 0) is 85.6 Å². The van der Waals surface area contributed by atoms with Crippen molar-refractivity contribution < 1.29 is 42.5 Å². The molecular formula is C32H39NO10. The maximum Gasteiger partial charge on any atom is 0.342 e. The predicted octanol–water partition coefficient (Wildman–Crippen LogP) is 2.24. The molecule has 0 amide bonds. The van der Waals surface area contributed by atoms with Crippen molar-refractivity contribution in [2.75, 3.05) is 26.4 Å². The maximum atomic E-state index is 14.5. The van der Waals surface area contributed by atoms with Crippen LogP contribution in [0.5, 0.6) is 0 Å². The zero-order valence-electron chi connectivity index (χ0n) is 26.1. The number of carbonyl (C=O) groups excluding carboxylic acids is 4. The van der Waals surface area contributed by atoms with Crippen molar-refractivity contribution >= 4 is 46.1 Å². The molecule has 2 aromatic rings. The molecule has 0 fully saturated rings. The van der Waals surface area contributed by atoms with Gasteiger partial charge in [0.15, 0.2) is 5.42 Å². The van der Waals surface area contributed by atoms with Crippen LogP contribution in [-0.4, -0.2) is 55.8 Å². The number of hydrogen-bond acceptors (Lipinski definition) is 11. The molecule has 232 valence electrons. The van der Waals surface area contributed by atoms with E-state index in [1.165, 1.54) is 6.92 Å². The Hall–Kier alpha value is -4.41. The maximum absolute atomic E-state index is 14.5. The lowest BCUT2D eigenvalue weighted by molar-refractivity contribution is -0.148. The molecule has 11 heteroatoms. The molecule has 1 atom stereocenters. The second-order valence-electron chi connectivity index (χ2n) is 10.9. The van der Waals surface area contributed by atoms with E-state index < -0.39 is 57.5 Å². The Bertz CT molecular complexity index is 1690. The minimum absolute atomic E-state index is 0.0882. The molecule has 1 N–H and O–H groups in total. The Balaban J connectivity index is 2.89. The number of rotatable bonds is 9.